The first-order valence-corrected chi connectivity index (χ1v) is 9.00. The van der Waals surface area contributed by atoms with Crippen LogP contribution in [0.5, 0.6) is 5.75 Å². The van der Waals surface area contributed by atoms with Gasteiger partial charge in [0.2, 0.25) is 0 Å². The fourth-order valence-corrected chi connectivity index (χ4v) is 4.07. The Hall–Kier alpha value is -3.22. The molecule has 0 amide bonds. The summed E-state index contributed by atoms with van der Waals surface area (Å²) in [6.07, 6.45) is 3.91. The molecule has 0 saturated heterocycles. The van der Waals surface area contributed by atoms with Crippen LogP contribution in [0, 0.1) is 13.8 Å². The summed E-state index contributed by atoms with van der Waals surface area (Å²) in [5, 5.41) is 26.6. The lowest BCUT2D eigenvalue weighted by atomic mass is 9.90. The van der Waals surface area contributed by atoms with Gasteiger partial charge in [-0.15, -0.1) is 0 Å². The summed E-state index contributed by atoms with van der Waals surface area (Å²) in [7, 11) is 0. The van der Waals surface area contributed by atoms with Crippen molar-refractivity contribution in [1.29, 1.82) is 0 Å². The number of phenolic OH excluding ortho intramolecular Hbond substituents is 1. The Kier molecular flexibility index (Phi) is 4.14. The molecule has 4 N–H and O–H groups in total. The standard InChI is InChI=1S/C20H22N4O3/c1-11-17(12(2)27-23-11)24-18(13-7-9-14(25)10-8-13)15-5-3-4-6-16(15)19(24)20(21)22-26/h7-10,25-26H,3-6H2,1-2H3,(H2,21,22). The van der Waals surface area contributed by atoms with Gasteiger partial charge in [0.05, 0.1) is 11.4 Å². The highest BCUT2D eigenvalue weighted by atomic mass is 16.5. The number of hydrogen-bond donors (Lipinski definition) is 3. The van der Waals surface area contributed by atoms with E-state index in [0.29, 0.717) is 11.5 Å². The molecule has 0 bridgehead atoms. The van der Waals surface area contributed by atoms with E-state index in [1.807, 2.05) is 30.5 Å². The van der Waals surface area contributed by atoms with Crippen molar-refractivity contribution in [2.24, 2.45) is 10.9 Å². The third-order valence-corrected chi connectivity index (χ3v) is 5.20. The van der Waals surface area contributed by atoms with E-state index in [1.165, 1.54) is 5.56 Å². The van der Waals surface area contributed by atoms with Gasteiger partial charge in [-0.25, -0.2) is 0 Å². The molecular weight excluding hydrogens is 344 g/mol. The molecule has 140 valence electrons. The zero-order chi connectivity index (χ0) is 19.1. The molecule has 1 aromatic carbocycles. The molecule has 4 rings (SSSR count). The zero-order valence-electron chi connectivity index (χ0n) is 15.4. The number of benzene rings is 1. The van der Waals surface area contributed by atoms with Gasteiger partial charge < -0.3 is 25.1 Å². The van der Waals surface area contributed by atoms with Crippen LogP contribution in [-0.4, -0.2) is 25.9 Å². The van der Waals surface area contributed by atoms with Crippen molar-refractivity contribution in [2.45, 2.75) is 39.5 Å². The van der Waals surface area contributed by atoms with Crippen molar-refractivity contribution in [1.82, 2.24) is 9.72 Å². The maximum absolute atomic E-state index is 9.71. The number of rotatable bonds is 3. The summed E-state index contributed by atoms with van der Waals surface area (Å²) in [6, 6.07) is 7.09. The predicted octanol–water partition coefficient (Wildman–Crippen LogP) is 3.43. The SMILES string of the molecule is Cc1noc(C)c1-n1c(C(N)=NO)c2c(c1-c1ccc(O)cc1)CCCC2. The molecule has 0 fully saturated rings. The number of nitrogens with two attached hydrogens (primary N) is 1. The predicted molar refractivity (Wildman–Crippen MR) is 102 cm³/mol. The fraction of sp³-hybridized carbons (Fsp3) is 0.300. The van der Waals surface area contributed by atoms with Crippen LogP contribution in [0.4, 0.5) is 0 Å². The van der Waals surface area contributed by atoms with Crippen LogP contribution in [0.15, 0.2) is 33.9 Å². The van der Waals surface area contributed by atoms with Crippen LogP contribution in [0.2, 0.25) is 0 Å². The average Bonchev–Trinajstić information content (AvgIpc) is 3.18. The van der Waals surface area contributed by atoms with Gasteiger partial charge in [-0.3, -0.25) is 0 Å². The van der Waals surface area contributed by atoms with Gasteiger partial charge in [0.25, 0.3) is 0 Å². The minimum atomic E-state index is 0.0678. The number of hydrogen-bond acceptors (Lipinski definition) is 5. The van der Waals surface area contributed by atoms with Crippen LogP contribution < -0.4 is 5.73 Å². The highest BCUT2D eigenvalue weighted by molar-refractivity contribution is 6.00. The maximum Gasteiger partial charge on any atom is 0.187 e. The molecule has 1 aliphatic rings. The van der Waals surface area contributed by atoms with E-state index < -0.39 is 0 Å². The lowest BCUT2D eigenvalue weighted by Gasteiger charge is -2.14. The van der Waals surface area contributed by atoms with Crippen molar-refractivity contribution < 1.29 is 14.8 Å². The largest absolute Gasteiger partial charge is 0.508 e. The van der Waals surface area contributed by atoms with Gasteiger partial charge in [0.15, 0.2) is 11.6 Å². The summed E-state index contributed by atoms with van der Waals surface area (Å²) in [5.41, 5.74) is 12.5. The van der Waals surface area contributed by atoms with Crippen molar-refractivity contribution in [2.75, 3.05) is 0 Å². The maximum atomic E-state index is 9.71. The van der Waals surface area contributed by atoms with E-state index in [-0.39, 0.29) is 11.6 Å². The summed E-state index contributed by atoms with van der Waals surface area (Å²) in [4.78, 5) is 0. The number of fused-ring (bicyclic) bond motifs is 1. The Morgan fingerprint density at radius 2 is 1.81 bits per heavy atom. The summed E-state index contributed by atoms with van der Waals surface area (Å²) < 4.78 is 7.40. The van der Waals surface area contributed by atoms with Crippen LogP contribution in [0.3, 0.4) is 0 Å². The molecule has 7 heteroatoms. The molecule has 0 aliphatic heterocycles. The van der Waals surface area contributed by atoms with Crippen LogP contribution >= 0.6 is 0 Å². The highest BCUT2D eigenvalue weighted by Gasteiger charge is 2.30. The minimum Gasteiger partial charge on any atom is -0.508 e. The number of amidine groups is 1. The monoisotopic (exact) mass is 366 g/mol. The van der Waals surface area contributed by atoms with E-state index in [2.05, 4.69) is 10.3 Å². The Bertz CT molecular complexity index is 1010. The molecule has 27 heavy (non-hydrogen) atoms. The molecule has 0 spiro atoms. The van der Waals surface area contributed by atoms with Gasteiger partial charge in [0, 0.05) is 0 Å². The van der Waals surface area contributed by atoms with E-state index >= 15 is 0 Å². The molecule has 2 aromatic heterocycles. The van der Waals surface area contributed by atoms with Gasteiger partial charge in [-0.05, 0) is 80.5 Å². The third-order valence-electron chi connectivity index (χ3n) is 5.20. The summed E-state index contributed by atoms with van der Waals surface area (Å²) in [6.45, 7) is 3.73. The van der Waals surface area contributed by atoms with Gasteiger partial charge in [-0.1, -0.05) is 10.3 Å². The molecule has 0 unspecified atom stereocenters. The van der Waals surface area contributed by atoms with Crippen molar-refractivity contribution in [3.8, 4) is 22.7 Å². The van der Waals surface area contributed by atoms with Crippen LogP contribution in [0.25, 0.3) is 16.9 Å². The number of aromatic hydroxyl groups is 1. The Labute approximate surface area is 156 Å². The minimum absolute atomic E-state index is 0.0678. The second kappa shape index (κ2) is 6.50. The molecule has 2 heterocycles. The van der Waals surface area contributed by atoms with Crippen LogP contribution in [0.1, 0.15) is 41.1 Å². The second-order valence-corrected chi connectivity index (χ2v) is 6.90. The number of nitrogens with zero attached hydrogens (tertiary/aromatic N) is 3. The number of oxime groups is 1. The van der Waals surface area contributed by atoms with E-state index in [9.17, 15) is 10.3 Å². The first-order valence-electron chi connectivity index (χ1n) is 9.00. The van der Waals surface area contributed by atoms with E-state index in [4.69, 9.17) is 10.3 Å². The molecule has 0 saturated carbocycles. The first kappa shape index (κ1) is 17.2. The molecule has 0 atom stereocenters. The summed E-state index contributed by atoms with van der Waals surface area (Å²) >= 11 is 0. The first-order chi connectivity index (χ1) is 13.0. The normalized spacial score (nSPS) is 14.4. The third kappa shape index (κ3) is 2.66. The number of aromatic nitrogens is 2. The quantitative estimate of drug-likeness (QED) is 0.285. The smallest absolute Gasteiger partial charge is 0.187 e. The van der Waals surface area contributed by atoms with E-state index in [1.54, 1.807) is 12.1 Å². The lowest BCUT2D eigenvalue weighted by molar-refractivity contribution is 0.318. The topological polar surface area (TPSA) is 110 Å². The summed E-state index contributed by atoms with van der Waals surface area (Å²) in [5.74, 6) is 0.935. The van der Waals surface area contributed by atoms with Crippen molar-refractivity contribution in [3.05, 3.63) is 52.5 Å². The zero-order valence-corrected chi connectivity index (χ0v) is 15.4. The number of aryl methyl sites for hydroxylation is 2. The van der Waals surface area contributed by atoms with Gasteiger partial charge >= 0.3 is 0 Å². The Balaban J connectivity index is 2.14. The van der Waals surface area contributed by atoms with Crippen LogP contribution in [-0.2, 0) is 12.8 Å². The van der Waals surface area contributed by atoms with E-state index in [0.717, 1.165) is 53.9 Å². The fourth-order valence-electron chi connectivity index (χ4n) is 4.07. The molecular formula is C20H22N4O3. The average molecular weight is 366 g/mol. The van der Waals surface area contributed by atoms with Gasteiger partial charge in [0.1, 0.15) is 17.1 Å². The highest BCUT2D eigenvalue weighted by Crippen LogP contribution is 2.40. The Morgan fingerprint density at radius 1 is 1.15 bits per heavy atom. The molecule has 1 aliphatic carbocycles. The molecule has 3 aromatic rings. The second-order valence-electron chi connectivity index (χ2n) is 6.90. The number of phenols is 1. The van der Waals surface area contributed by atoms with Crippen molar-refractivity contribution >= 4 is 5.84 Å². The van der Waals surface area contributed by atoms with Crippen molar-refractivity contribution in [3.63, 3.8) is 0 Å². The molecule has 0 radical (unpaired) electrons. The molecule has 7 nitrogen and oxygen atoms in total. The van der Waals surface area contributed by atoms with Gasteiger partial charge in [-0.2, -0.15) is 0 Å². The Morgan fingerprint density at radius 3 is 2.41 bits per heavy atom. The lowest BCUT2D eigenvalue weighted by Crippen LogP contribution is -2.20.